The molecule has 24 heavy (non-hydrogen) atoms. The van der Waals surface area contributed by atoms with Crippen LogP contribution in [-0.4, -0.2) is 18.3 Å². The van der Waals surface area contributed by atoms with Gasteiger partial charge in [0.05, 0.1) is 4.90 Å². The Labute approximate surface area is 148 Å². The third kappa shape index (κ3) is 2.67. The highest BCUT2D eigenvalue weighted by molar-refractivity contribution is 7.90. The monoisotopic (exact) mass is 361 g/mol. The van der Waals surface area contributed by atoms with Gasteiger partial charge in [-0.05, 0) is 72.6 Å². The predicted molar refractivity (Wildman–Crippen MR) is 95.2 cm³/mol. The molecule has 1 fully saturated rings. The summed E-state index contributed by atoms with van der Waals surface area (Å²) in [5.74, 6) is 0.573. The fraction of sp³-hybridized carbons (Fsp3) is 0.368. The maximum Gasteiger partial charge on any atom is 0.256 e. The molecule has 0 spiro atoms. The Bertz CT molecular complexity index is 804. The van der Waals surface area contributed by atoms with Gasteiger partial charge in [0.1, 0.15) is 0 Å². The van der Waals surface area contributed by atoms with E-state index in [1.54, 1.807) is 24.3 Å². The van der Waals surface area contributed by atoms with Crippen LogP contribution in [0, 0.1) is 11.8 Å². The number of fused-ring (bicyclic) bond motifs is 3. The first-order chi connectivity index (χ1) is 11.6. The zero-order valence-electron chi connectivity index (χ0n) is 13.3. The van der Waals surface area contributed by atoms with Crippen molar-refractivity contribution in [1.29, 1.82) is 0 Å². The highest BCUT2D eigenvalue weighted by Crippen LogP contribution is 2.44. The number of hydrogen-bond acceptors (Lipinski definition) is 2. The number of rotatable bonds is 3. The normalized spacial score (nSPS) is 26.2. The zero-order valence-corrected chi connectivity index (χ0v) is 14.9. The number of halogens is 1. The molecule has 5 heteroatoms. The van der Waals surface area contributed by atoms with Crippen LogP contribution < -0.4 is 0 Å². The highest BCUT2D eigenvalue weighted by atomic mass is 35.5. The van der Waals surface area contributed by atoms with Gasteiger partial charge in [-0.2, -0.15) is 0 Å². The Morgan fingerprint density at radius 2 is 1.33 bits per heavy atom. The molecule has 2 bridgehead atoms. The second-order valence-electron chi connectivity index (χ2n) is 6.83. The van der Waals surface area contributed by atoms with Crippen LogP contribution in [0.3, 0.4) is 0 Å². The summed E-state index contributed by atoms with van der Waals surface area (Å²) in [5, 5.41) is 0. The summed E-state index contributed by atoms with van der Waals surface area (Å²) in [6.07, 6.45) is 3.89. The molecule has 2 unspecified atom stereocenters. The SMILES string of the molecule is O=S(=O)(c1ccccc1)N(Cl)C1C2CCC1Cc1ccccc1C2. The van der Waals surface area contributed by atoms with Gasteiger partial charge < -0.3 is 0 Å². The lowest BCUT2D eigenvalue weighted by molar-refractivity contribution is 0.304. The van der Waals surface area contributed by atoms with E-state index in [4.69, 9.17) is 11.8 Å². The molecule has 126 valence electrons. The molecule has 3 nitrogen and oxygen atoms in total. The van der Waals surface area contributed by atoms with Crippen molar-refractivity contribution < 1.29 is 8.42 Å². The van der Waals surface area contributed by atoms with Crippen molar-refractivity contribution >= 4 is 21.8 Å². The van der Waals surface area contributed by atoms with Gasteiger partial charge in [-0.1, -0.05) is 42.5 Å². The number of sulfonamides is 1. The lowest BCUT2D eigenvalue weighted by Crippen LogP contribution is -2.40. The Morgan fingerprint density at radius 3 is 1.88 bits per heavy atom. The van der Waals surface area contributed by atoms with Gasteiger partial charge in [-0.25, -0.2) is 8.42 Å². The number of nitrogens with zero attached hydrogens (tertiary/aromatic N) is 1. The van der Waals surface area contributed by atoms with Crippen molar-refractivity contribution in [3.05, 3.63) is 65.7 Å². The molecule has 0 aromatic heterocycles. The van der Waals surface area contributed by atoms with Gasteiger partial charge in [0.2, 0.25) is 0 Å². The smallest absolute Gasteiger partial charge is 0.206 e. The van der Waals surface area contributed by atoms with E-state index in [9.17, 15) is 8.42 Å². The molecule has 2 aliphatic carbocycles. The second kappa shape index (κ2) is 6.17. The van der Waals surface area contributed by atoms with Crippen LogP contribution in [0.1, 0.15) is 24.0 Å². The maximum absolute atomic E-state index is 12.9. The highest BCUT2D eigenvalue weighted by Gasteiger charge is 2.46. The third-order valence-electron chi connectivity index (χ3n) is 5.46. The van der Waals surface area contributed by atoms with Gasteiger partial charge >= 0.3 is 0 Å². The standard InChI is InChI=1S/C19H20ClNO2S/c20-21(24(22,23)18-8-2-1-3-9-18)19-16-10-11-17(19)13-15-7-5-4-6-14(15)12-16/h1-9,16-17,19H,10-13H2. The van der Waals surface area contributed by atoms with Crippen molar-refractivity contribution in [3.8, 4) is 0 Å². The van der Waals surface area contributed by atoms with Crippen LogP contribution >= 0.6 is 11.8 Å². The molecule has 2 aromatic carbocycles. The molecule has 0 aliphatic heterocycles. The first-order valence-electron chi connectivity index (χ1n) is 8.39. The molecule has 1 saturated carbocycles. The van der Waals surface area contributed by atoms with Crippen molar-refractivity contribution in [2.24, 2.45) is 11.8 Å². The molecule has 2 aliphatic rings. The molecule has 0 N–H and O–H groups in total. The van der Waals surface area contributed by atoms with Gasteiger partial charge in [0, 0.05) is 6.04 Å². The van der Waals surface area contributed by atoms with Gasteiger partial charge in [0.25, 0.3) is 10.0 Å². The molecule has 2 atom stereocenters. The van der Waals surface area contributed by atoms with E-state index < -0.39 is 10.0 Å². The van der Waals surface area contributed by atoms with Gasteiger partial charge in [-0.3, -0.25) is 0 Å². The Balaban J connectivity index is 1.68. The summed E-state index contributed by atoms with van der Waals surface area (Å²) in [6, 6.07) is 16.8. The summed E-state index contributed by atoms with van der Waals surface area (Å²) in [6.45, 7) is 0. The minimum Gasteiger partial charge on any atom is -0.206 e. The first-order valence-corrected chi connectivity index (χ1v) is 10.2. The summed E-state index contributed by atoms with van der Waals surface area (Å²) >= 11 is 6.48. The predicted octanol–water partition coefficient (Wildman–Crippen LogP) is 4.02. The molecule has 0 amide bonds. The lowest BCUT2D eigenvalue weighted by Gasteiger charge is -2.29. The van der Waals surface area contributed by atoms with E-state index in [1.807, 2.05) is 6.07 Å². The second-order valence-corrected chi connectivity index (χ2v) is 9.20. The van der Waals surface area contributed by atoms with Crippen LogP contribution in [0.15, 0.2) is 59.5 Å². The summed E-state index contributed by atoms with van der Waals surface area (Å²) in [5.41, 5.74) is 2.69. The fourth-order valence-corrected chi connectivity index (χ4v) is 6.23. The van der Waals surface area contributed by atoms with Crippen LogP contribution in [0.4, 0.5) is 0 Å². The van der Waals surface area contributed by atoms with E-state index in [0.29, 0.717) is 0 Å². The van der Waals surface area contributed by atoms with E-state index in [1.165, 1.54) is 11.1 Å². The molecular formula is C19H20ClNO2S. The Kier molecular flexibility index (Phi) is 4.15. The average molecular weight is 362 g/mol. The minimum absolute atomic E-state index is 0.135. The summed E-state index contributed by atoms with van der Waals surface area (Å²) < 4.78 is 27.0. The number of benzene rings is 2. The summed E-state index contributed by atoms with van der Waals surface area (Å²) in [7, 11) is -3.67. The van der Waals surface area contributed by atoms with Crippen molar-refractivity contribution in [2.75, 3.05) is 0 Å². The minimum atomic E-state index is -3.67. The Hall–Kier alpha value is -1.36. The Morgan fingerprint density at radius 1 is 0.833 bits per heavy atom. The van der Waals surface area contributed by atoms with E-state index >= 15 is 0 Å². The van der Waals surface area contributed by atoms with Crippen molar-refractivity contribution in [1.82, 2.24) is 3.82 Å². The molecule has 2 aromatic rings. The fourth-order valence-electron chi connectivity index (χ4n) is 4.31. The largest absolute Gasteiger partial charge is 0.256 e. The van der Waals surface area contributed by atoms with Gasteiger partial charge in [0.15, 0.2) is 0 Å². The molecular weight excluding hydrogens is 342 g/mol. The van der Waals surface area contributed by atoms with Crippen LogP contribution in [0.2, 0.25) is 0 Å². The van der Waals surface area contributed by atoms with Crippen LogP contribution in [-0.2, 0) is 22.9 Å². The summed E-state index contributed by atoms with van der Waals surface area (Å²) in [4.78, 5) is 0.265. The van der Waals surface area contributed by atoms with Gasteiger partial charge in [-0.15, -0.1) is 3.82 Å². The van der Waals surface area contributed by atoms with E-state index in [-0.39, 0.29) is 22.8 Å². The first kappa shape index (κ1) is 16.1. The quantitative estimate of drug-likeness (QED) is 0.774. The van der Waals surface area contributed by atoms with Crippen LogP contribution in [0.25, 0.3) is 0 Å². The zero-order chi connectivity index (χ0) is 16.7. The van der Waals surface area contributed by atoms with Crippen LogP contribution in [0.5, 0.6) is 0 Å². The lowest BCUT2D eigenvalue weighted by atomic mass is 9.94. The molecule has 0 heterocycles. The average Bonchev–Trinajstić information content (AvgIpc) is 2.89. The van der Waals surface area contributed by atoms with E-state index in [0.717, 1.165) is 29.5 Å². The third-order valence-corrected chi connectivity index (χ3v) is 7.80. The maximum atomic E-state index is 12.9. The molecule has 0 saturated heterocycles. The number of hydrogen-bond donors (Lipinski definition) is 0. The molecule has 0 radical (unpaired) electrons. The van der Waals surface area contributed by atoms with Crippen molar-refractivity contribution in [2.45, 2.75) is 36.6 Å². The topological polar surface area (TPSA) is 37.4 Å². The van der Waals surface area contributed by atoms with E-state index in [2.05, 4.69) is 24.3 Å². The van der Waals surface area contributed by atoms with Crippen molar-refractivity contribution in [3.63, 3.8) is 0 Å². The molecule has 4 rings (SSSR count).